The Bertz CT molecular complexity index is 757. The van der Waals surface area contributed by atoms with Gasteiger partial charge in [0, 0.05) is 18.7 Å². The van der Waals surface area contributed by atoms with Gasteiger partial charge in [-0.05, 0) is 50.1 Å². The SMILES string of the molecule is CCOC(=O)[C@H]1CCCN(C(=O)c2cc(-c3ccc(F)cc3)n[nH]2)C1. The van der Waals surface area contributed by atoms with Crippen LogP contribution in [0.25, 0.3) is 11.3 Å². The summed E-state index contributed by atoms with van der Waals surface area (Å²) in [6.45, 7) is 3.05. The summed E-state index contributed by atoms with van der Waals surface area (Å²) in [5.41, 5.74) is 1.64. The van der Waals surface area contributed by atoms with Crippen molar-refractivity contribution in [2.24, 2.45) is 5.92 Å². The van der Waals surface area contributed by atoms with Crippen LogP contribution in [0.4, 0.5) is 4.39 Å². The molecule has 1 saturated heterocycles. The molecule has 1 amide bonds. The fourth-order valence-corrected chi connectivity index (χ4v) is 2.98. The number of hydrogen-bond donors (Lipinski definition) is 1. The van der Waals surface area contributed by atoms with E-state index in [2.05, 4.69) is 10.2 Å². The van der Waals surface area contributed by atoms with Gasteiger partial charge in [-0.25, -0.2) is 4.39 Å². The van der Waals surface area contributed by atoms with E-state index >= 15 is 0 Å². The number of aromatic nitrogens is 2. The van der Waals surface area contributed by atoms with Crippen LogP contribution in [0, 0.1) is 11.7 Å². The molecule has 0 spiro atoms. The van der Waals surface area contributed by atoms with E-state index in [1.807, 2.05) is 0 Å². The summed E-state index contributed by atoms with van der Waals surface area (Å²) in [5.74, 6) is -1.06. The molecule has 1 fully saturated rings. The summed E-state index contributed by atoms with van der Waals surface area (Å²) in [6, 6.07) is 7.55. The minimum atomic E-state index is -0.325. The molecule has 0 radical (unpaired) electrons. The number of aromatic amines is 1. The van der Waals surface area contributed by atoms with Crippen LogP contribution in [0.1, 0.15) is 30.3 Å². The van der Waals surface area contributed by atoms with Gasteiger partial charge in [0.2, 0.25) is 0 Å². The number of esters is 1. The third-order valence-corrected chi connectivity index (χ3v) is 4.28. The smallest absolute Gasteiger partial charge is 0.310 e. The highest BCUT2D eigenvalue weighted by molar-refractivity contribution is 5.93. The van der Waals surface area contributed by atoms with Crippen LogP contribution in [0.3, 0.4) is 0 Å². The van der Waals surface area contributed by atoms with Crippen molar-refractivity contribution in [2.45, 2.75) is 19.8 Å². The van der Waals surface area contributed by atoms with Crippen LogP contribution in [-0.2, 0) is 9.53 Å². The first-order valence-corrected chi connectivity index (χ1v) is 8.35. The first kappa shape index (κ1) is 17.1. The van der Waals surface area contributed by atoms with Crippen molar-refractivity contribution in [3.63, 3.8) is 0 Å². The second-order valence-electron chi connectivity index (χ2n) is 6.02. The molecule has 6 nitrogen and oxygen atoms in total. The van der Waals surface area contributed by atoms with Gasteiger partial charge in [-0.1, -0.05) is 0 Å². The van der Waals surface area contributed by atoms with Crippen LogP contribution in [0.15, 0.2) is 30.3 Å². The van der Waals surface area contributed by atoms with Crippen LogP contribution < -0.4 is 0 Å². The molecule has 1 atom stereocenters. The zero-order valence-corrected chi connectivity index (χ0v) is 14.0. The molecule has 1 aromatic heterocycles. The molecule has 7 heteroatoms. The molecule has 0 saturated carbocycles. The third-order valence-electron chi connectivity index (χ3n) is 4.28. The Labute approximate surface area is 145 Å². The number of H-pyrrole nitrogens is 1. The molecule has 1 N–H and O–H groups in total. The lowest BCUT2D eigenvalue weighted by Crippen LogP contribution is -2.43. The number of nitrogens with one attached hydrogen (secondary N) is 1. The number of rotatable bonds is 4. The number of likely N-dealkylation sites (tertiary alicyclic amines) is 1. The zero-order valence-electron chi connectivity index (χ0n) is 14.0. The predicted molar refractivity (Wildman–Crippen MR) is 89.2 cm³/mol. The summed E-state index contributed by atoms with van der Waals surface area (Å²) in [7, 11) is 0. The minimum absolute atomic E-state index is 0.199. The molecule has 1 aliphatic rings. The van der Waals surface area contributed by atoms with E-state index in [0.717, 1.165) is 18.4 Å². The van der Waals surface area contributed by atoms with E-state index in [9.17, 15) is 14.0 Å². The summed E-state index contributed by atoms with van der Waals surface area (Å²) in [5, 5.41) is 6.86. The Balaban J connectivity index is 1.70. The molecule has 0 aliphatic carbocycles. The van der Waals surface area contributed by atoms with E-state index in [4.69, 9.17) is 4.74 Å². The lowest BCUT2D eigenvalue weighted by atomic mass is 9.98. The van der Waals surface area contributed by atoms with Gasteiger partial charge in [-0.15, -0.1) is 0 Å². The first-order chi connectivity index (χ1) is 12.1. The highest BCUT2D eigenvalue weighted by atomic mass is 19.1. The maximum absolute atomic E-state index is 13.0. The molecule has 2 aromatic rings. The normalized spacial score (nSPS) is 17.4. The number of hydrogen-bond acceptors (Lipinski definition) is 4. The first-order valence-electron chi connectivity index (χ1n) is 8.35. The van der Waals surface area contributed by atoms with E-state index in [0.29, 0.717) is 31.1 Å². The monoisotopic (exact) mass is 345 g/mol. The van der Waals surface area contributed by atoms with Crippen LogP contribution in [0.2, 0.25) is 0 Å². The fraction of sp³-hybridized carbons (Fsp3) is 0.389. The standard InChI is InChI=1S/C18H20FN3O3/c1-2-25-18(24)13-4-3-9-22(11-13)17(23)16-10-15(20-21-16)12-5-7-14(19)8-6-12/h5-8,10,13H,2-4,9,11H2,1H3,(H,20,21)/t13-/m0/s1. The van der Waals surface area contributed by atoms with E-state index in [-0.39, 0.29) is 23.6 Å². The fourth-order valence-electron chi connectivity index (χ4n) is 2.98. The van der Waals surface area contributed by atoms with Crippen molar-refractivity contribution in [1.82, 2.24) is 15.1 Å². The molecule has 0 unspecified atom stereocenters. The Morgan fingerprint density at radius 2 is 2.12 bits per heavy atom. The highest BCUT2D eigenvalue weighted by Crippen LogP contribution is 2.22. The lowest BCUT2D eigenvalue weighted by Gasteiger charge is -2.31. The average molecular weight is 345 g/mol. The second kappa shape index (κ2) is 7.46. The van der Waals surface area contributed by atoms with Crippen molar-refractivity contribution < 1.29 is 18.7 Å². The van der Waals surface area contributed by atoms with Gasteiger partial charge in [-0.2, -0.15) is 5.10 Å². The maximum atomic E-state index is 13.0. The number of carbonyl (C=O) groups excluding carboxylic acids is 2. The largest absolute Gasteiger partial charge is 0.466 e. The van der Waals surface area contributed by atoms with E-state index < -0.39 is 0 Å². The molecular formula is C18H20FN3O3. The summed E-state index contributed by atoms with van der Waals surface area (Å²) < 4.78 is 18.1. The third kappa shape index (κ3) is 3.87. The van der Waals surface area contributed by atoms with Gasteiger partial charge in [0.05, 0.1) is 18.2 Å². The second-order valence-corrected chi connectivity index (χ2v) is 6.02. The minimum Gasteiger partial charge on any atom is -0.466 e. The topological polar surface area (TPSA) is 75.3 Å². The van der Waals surface area contributed by atoms with Crippen molar-refractivity contribution >= 4 is 11.9 Å². The molecule has 1 aromatic carbocycles. The van der Waals surface area contributed by atoms with Crippen LogP contribution in [-0.4, -0.2) is 46.7 Å². The number of carbonyl (C=O) groups is 2. The number of piperidine rings is 1. The number of nitrogens with zero attached hydrogens (tertiary/aromatic N) is 2. The van der Waals surface area contributed by atoms with Crippen molar-refractivity contribution in [3.05, 3.63) is 41.8 Å². The van der Waals surface area contributed by atoms with E-state index in [1.165, 1.54) is 12.1 Å². The van der Waals surface area contributed by atoms with Gasteiger partial charge >= 0.3 is 5.97 Å². The maximum Gasteiger partial charge on any atom is 0.310 e. The number of halogens is 1. The van der Waals surface area contributed by atoms with Gasteiger partial charge in [0.1, 0.15) is 11.5 Å². The van der Waals surface area contributed by atoms with Crippen molar-refractivity contribution in [2.75, 3.05) is 19.7 Å². The Kier molecular flexibility index (Phi) is 5.11. The molecule has 132 valence electrons. The van der Waals surface area contributed by atoms with Gasteiger partial charge < -0.3 is 9.64 Å². The highest BCUT2D eigenvalue weighted by Gasteiger charge is 2.30. The van der Waals surface area contributed by atoms with Crippen LogP contribution in [0.5, 0.6) is 0 Å². The quantitative estimate of drug-likeness (QED) is 0.865. The molecule has 0 bridgehead atoms. The van der Waals surface area contributed by atoms with Gasteiger partial charge in [0.15, 0.2) is 0 Å². The molecular weight excluding hydrogens is 325 g/mol. The van der Waals surface area contributed by atoms with E-state index in [1.54, 1.807) is 30.0 Å². The Morgan fingerprint density at radius 3 is 2.84 bits per heavy atom. The number of amides is 1. The molecule has 25 heavy (non-hydrogen) atoms. The van der Waals surface area contributed by atoms with Gasteiger partial charge in [0.25, 0.3) is 5.91 Å². The van der Waals surface area contributed by atoms with Crippen LogP contribution >= 0.6 is 0 Å². The van der Waals surface area contributed by atoms with Crippen molar-refractivity contribution in [3.8, 4) is 11.3 Å². The summed E-state index contributed by atoms with van der Waals surface area (Å²) >= 11 is 0. The number of ether oxygens (including phenoxy) is 1. The molecule has 3 rings (SSSR count). The number of benzene rings is 1. The van der Waals surface area contributed by atoms with Crippen molar-refractivity contribution in [1.29, 1.82) is 0 Å². The van der Waals surface area contributed by atoms with Gasteiger partial charge in [-0.3, -0.25) is 14.7 Å². The molecule has 1 aliphatic heterocycles. The average Bonchev–Trinajstić information content (AvgIpc) is 3.12. The predicted octanol–water partition coefficient (Wildman–Crippen LogP) is 2.63. The summed E-state index contributed by atoms with van der Waals surface area (Å²) in [6.07, 6.45) is 1.49. The Hall–Kier alpha value is -2.70. The molecule has 2 heterocycles. The Morgan fingerprint density at radius 1 is 1.36 bits per heavy atom. The zero-order chi connectivity index (χ0) is 17.8. The lowest BCUT2D eigenvalue weighted by molar-refractivity contribution is -0.149. The summed E-state index contributed by atoms with van der Waals surface area (Å²) in [4.78, 5) is 26.2.